The topological polar surface area (TPSA) is 35.8 Å². The monoisotopic (exact) mass is 200 g/mol. The molecule has 1 heterocycles. The van der Waals surface area contributed by atoms with Crippen LogP contribution in [0.2, 0.25) is 0 Å². The van der Waals surface area contributed by atoms with E-state index in [-0.39, 0.29) is 5.54 Å². The third kappa shape index (κ3) is 1.83. The summed E-state index contributed by atoms with van der Waals surface area (Å²) in [5, 5.41) is 12.4. The molecular formula is C13H16N2. The summed E-state index contributed by atoms with van der Waals surface area (Å²) in [7, 11) is 0. The molecule has 78 valence electrons. The van der Waals surface area contributed by atoms with Crippen molar-refractivity contribution >= 4 is 5.69 Å². The highest BCUT2D eigenvalue weighted by molar-refractivity contribution is 5.59. The van der Waals surface area contributed by atoms with Crippen LogP contribution in [0, 0.1) is 11.3 Å². The molecule has 2 rings (SSSR count). The van der Waals surface area contributed by atoms with Gasteiger partial charge in [-0.25, -0.2) is 0 Å². The Morgan fingerprint density at radius 2 is 2.20 bits per heavy atom. The zero-order valence-electron chi connectivity index (χ0n) is 9.46. The number of rotatable bonds is 0. The normalized spacial score (nSPS) is 22.4. The van der Waals surface area contributed by atoms with Gasteiger partial charge in [0.25, 0.3) is 0 Å². The van der Waals surface area contributed by atoms with E-state index < -0.39 is 0 Å². The second-order valence-electron chi connectivity index (χ2n) is 5.03. The highest BCUT2D eigenvalue weighted by atomic mass is 15.0. The SMILES string of the molecule is CC1CC(C)(C)Nc2ccc(C#N)cc21. The van der Waals surface area contributed by atoms with Crippen LogP contribution in [0.25, 0.3) is 0 Å². The average Bonchev–Trinajstić information content (AvgIpc) is 2.15. The molecule has 0 amide bonds. The summed E-state index contributed by atoms with van der Waals surface area (Å²) in [5.74, 6) is 0.518. The van der Waals surface area contributed by atoms with Crippen molar-refractivity contribution in [2.75, 3.05) is 5.32 Å². The Bertz CT molecular complexity index is 427. The first-order valence-electron chi connectivity index (χ1n) is 5.34. The Balaban J connectivity index is 2.47. The third-order valence-corrected chi connectivity index (χ3v) is 3.00. The lowest BCUT2D eigenvalue weighted by Crippen LogP contribution is -2.36. The standard InChI is InChI=1S/C13H16N2/c1-9-7-13(2,3)15-12-5-4-10(8-14)6-11(9)12/h4-6,9,15H,7H2,1-3H3. The zero-order chi connectivity index (χ0) is 11.1. The molecule has 0 spiro atoms. The highest BCUT2D eigenvalue weighted by Gasteiger charge is 2.28. The Labute approximate surface area is 90.9 Å². The predicted octanol–water partition coefficient (Wildman–Crippen LogP) is 3.26. The summed E-state index contributed by atoms with van der Waals surface area (Å²) in [6.45, 7) is 6.65. The van der Waals surface area contributed by atoms with Crippen LogP contribution in [0.5, 0.6) is 0 Å². The first-order valence-corrected chi connectivity index (χ1v) is 5.34. The minimum atomic E-state index is 0.153. The maximum Gasteiger partial charge on any atom is 0.0991 e. The van der Waals surface area contributed by atoms with E-state index in [1.54, 1.807) is 0 Å². The van der Waals surface area contributed by atoms with Gasteiger partial charge in [-0.15, -0.1) is 0 Å². The second-order valence-corrected chi connectivity index (χ2v) is 5.03. The molecule has 1 unspecified atom stereocenters. The second kappa shape index (κ2) is 3.27. The van der Waals surface area contributed by atoms with Gasteiger partial charge in [0.2, 0.25) is 0 Å². The van der Waals surface area contributed by atoms with Gasteiger partial charge in [-0.3, -0.25) is 0 Å². The molecular weight excluding hydrogens is 184 g/mol. The molecule has 2 heteroatoms. The van der Waals surface area contributed by atoms with Gasteiger partial charge in [-0.1, -0.05) is 6.92 Å². The van der Waals surface area contributed by atoms with Gasteiger partial charge < -0.3 is 5.32 Å². The molecule has 1 aromatic rings. The van der Waals surface area contributed by atoms with Crippen molar-refractivity contribution in [3.63, 3.8) is 0 Å². The van der Waals surface area contributed by atoms with Crippen molar-refractivity contribution in [3.05, 3.63) is 29.3 Å². The van der Waals surface area contributed by atoms with Crippen LogP contribution in [0.4, 0.5) is 5.69 Å². The Morgan fingerprint density at radius 1 is 1.47 bits per heavy atom. The van der Waals surface area contributed by atoms with E-state index in [1.807, 2.05) is 18.2 Å². The average molecular weight is 200 g/mol. The van der Waals surface area contributed by atoms with Crippen LogP contribution in [0.1, 0.15) is 44.2 Å². The fraction of sp³-hybridized carbons (Fsp3) is 0.462. The van der Waals surface area contributed by atoms with Crippen LogP contribution in [0.15, 0.2) is 18.2 Å². The lowest BCUT2D eigenvalue weighted by atomic mass is 9.81. The van der Waals surface area contributed by atoms with Crippen LogP contribution in [0.3, 0.4) is 0 Å². The first kappa shape index (κ1) is 10.0. The van der Waals surface area contributed by atoms with Gasteiger partial charge in [-0.05, 0) is 49.9 Å². The molecule has 0 aromatic heterocycles. The molecule has 0 saturated heterocycles. The summed E-state index contributed by atoms with van der Waals surface area (Å²) in [6.07, 6.45) is 1.11. The van der Waals surface area contributed by atoms with E-state index in [9.17, 15) is 0 Å². The van der Waals surface area contributed by atoms with Gasteiger partial charge in [0.15, 0.2) is 0 Å². The molecule has 1 aromatic carbocycles. The number of anilines is 1. The molecule has 15 heavy (non-hydrogen) atoms. The summed E-state index contributed by atoms with van der Waals surface area (Å²) < 4.78 is 0. The Kier molecular flexibility index (Phi) is 2.19. The number of nitrogens with zero attached hydrogens (tertiary/aromatic N) is 1. The molecule has 1 aliphatic rings. The largest absolute Gasteiger partial charge is 0.380 e. The van der Waals surface area contributed by atoms with Crippen LogP contribution in [-0.2, 0) is 0 Å². The maximum absolute atomic E-state index is 8.86. The smallest absolute Gasteiger partial charge is 0.0991 e. The molecule has 1 atom stereocenters. The molecule has 2 nitrogen and oxygen atoms in total. The van der Waals surface area contributed by atoms with E-state index in [4.69, 9.17) is 5.26 Å². The van der Waals surface area contributed by atoms with Gasteiger partial charge in [0.05, 0.1) is 11.6 Å². The van der Waals surface area contributed by atoms with Crippen molar-refractivity contribution < 1.29 is 0 Å². The van der Waals surface area contributed by atoms with E-state index in [2.05, 4.69) is 32.2 Å². The lowest BCUT2D eigenvalue weighted by Gasteiger charge is -2.37. The number of fused-ring (bicyclic) bond motifs is 1. The van der Waals surface area contributed by atoms with Crippen LogP contribution < -0.4 is 5.32 Å². The lowest BCUT2D eigenvalue weighted by molar-refractivity contribution is 0.454. The summed E-state index contributed by atoms with van der Waals surface area (Å²) in [6, 6.07) is 8.09. The van der Waals surface area contributed by atoms with E-state index in [0.29, 0.717) is 5.92 Å². The minimum absolute atomic E-state index is 0.153. The fourth-order valence-corrected chi connectivity index (χ4v) is 2.44. The number of benzene rings is 1. The number of hydrogen-bond donors (Lipinski definition) is 1. The molecule has 1 N–H and O–H groups in total. The molecule has 0 fully saturated rings. The van der Waals surface area contributed by atoms with Crippen LogP contribution >= 0.6 is 0 Å². The Morgan fingerprint density at radius 3 is 2.87 bits per heavy atom. The van der Waals surface area contributed by atoms with E-state index in [1.165, 1.54) is 11.3 Å². The van der Waals surface area contributed by atoms with Crippen molar-refractivity contribution in [2.45, 2.75) is 38.6 Å². The number of nitriles is 1. The summed E-state index contributed by atoms with van der Waals surface area (Å²) in [5.41, 5.74) is 3.36. The summed E-state index contributed by atoms with van der Waals surface area (Å²) >= 11 is 0. The molecule has 1 aliphatic heterocycles. The van der Waals surface area contributed by atoms with Crippen molar-refractivity contribution in [1.82, 2.24) is 0 Å². The van der Waals surface area contributed by atoms with Gasteiger partial charge in [-0.2, -0.15) is 5.26 Å². The van der Waals surface area contributed by atoms with Crippen LogP contribution in [-0.4, -0.2) is 5.54 Å². The fourth-order valence-electron chi connectivity index (χ4n) is 2.44. The van der Waals surface area contributed by atoms with Gasteiger partial charge >= 0.3 is 0 Å². The quantitative estimate of drug-likeness (QED) is 0.697. The molecule has 0 aliphatic carbocycles. The van der Waals surface area contributed by atoms with Crippen molar-refractivity contribution in [2.24, 2.45) is 0 Å². The highest BCUT2D eigenvalue weighted by Crippen LogP contribution is 2.38. The number of hydrogen-bond acceptors (Lipinski definition) is 2. The molecule has 0 saturated carbocycles. The summed E-state index contributed by atoms with van der Waals surface area (Å²) in [4.78, 5) is 0. The van der Waals surface area contributed by atoms with Gasteiger partial charge in [0, 0.05) is 11.2 Å². The Hall–Kier alpha value is -1.49. The van der Waals surface area contributed by atoms with E-state index in [0.717, 1.165) is 12.0 Å². The molecule has 0 radical (unpaired) electrons. The third-order valence-electron chi connectivity index (χ3n) is 3.00. The van der Waals surface area contributed by atoms with E-state index >= 15 is 0 Å². The maximum atomic E-state index is 8.86. The van der Waals surface area contributed by atoms with Gasteiger partial charge in [0.1, 0.15) is 0 Å². The minimum Gasteiger partial charge on any atom is -0.380 e. The zero-order valence-corrected chi connectivity index (χ0v) is 9.46. The van der Waals surface area contributed by atoms with Crippen molar-refractivity contribution in [1.29, 1.82) is 5.26 Å². The van der Waals surface area contributed by atoms with Crippen molar-refractivity contribution in [3.8, 4) is 6.07 Å². The number of nitrogens with one attached hydrogen (secondary N) is 1. The molecule has 0 bridgehead atoms. The first-order chi connectivity index (χ1) is 7.02. The predicted molar refractivity (Wildman–Crippen MR) is 61.9 cm³/mol.